The van der Waals surface area contributed by atoms with Crippen molar-refractivity contribution in [2.45, 2.75) is 35.2 Å². The van der Waals surface area contributed by atoms with E-state index >= 15 is 4.39 Å². The fourth-order valence-corrected chi connectivity index (χ4v) is 6.49. The van der Waals surface area contributed by atoms with Crippen LogP contribution in [0.2, 0.25) is 0 Å². The molecule has 180 valence electrons. The summed E-state index contributed by atoms with van der Waals surface area (Å²) in [7, 11) is -3.57. The van der Waals surface area contributed by atoms with Gasteiger partial charge in [0.25, 0.3) is 5.91 Å². The number of sulfone groups is 1. The van der Waals surface area contributed by atoms with Crippen molar-refractivity contribution in [2.75, 3.05) is 19.5 Å². The number of halogens is 2. The van der Waals surface area contributed by atoms with E-state index in [1.54, 1.807) is 0 Å². The number of nitrogens with zero attached hydrogens (tertiary/aromatic N) is 1. The second kappa shape index (κ2) is 7.84. The van der Waals surface area contributed by atoms with Crippen molar-refractivity contribution in [3.63, 3.8) is 0 Å². The first-order chi connectivity index (χ1) is 16.0. The van der Waals surface area contributed by atoms with Crippen LogP contribution in [-0.2, 0) is 19.4 Å². The molecule has 10 heteroatoms. The number of carbonyl (C=O) groups is 2. The summed E-state index contributed by atoms with van der Waals surface area (Å²) in [5.74, 6) is -3.40. The molecule has 0 bridgehead atoms. The first kappa shape index (κ1) is 22.9. The Morgan fingerprint density at radius 3 is 2.50 bits per heavy atom. The van der Waals surface area contributed by atoms with Crippen LogP contribution in [-0.4, -0.2) is 56.2 Å². The monoisotopic (exact) mass is 490 g/mol. The lowest BCUT2D eigenvalue weighted by atomic mass is 9.76. The second-order valence-electron chi connectivity index (χ2n) is 9.46. The van der Waals surface area contributed by atoms with Gasteiger partial charge in [-0.25, -0.2) is 17.2 Å². The van der Waals surface area contributed by atoms with Crippen LogP contribution in [0.25, 0.3) is 0 Å². The lowest BCUT2D eigenvalue weighted by Crippen LogP contribution is -2.55. The molecule has 4 atom stereocenters. The molecule has 3 aliphatic rings. The van der Waals surface area contributed by atoms with Gasteiger partial charge in [0.2, 0.25) is 5.91 Å². The van der Waals surface area contributed by atoms with E-state index in [9.17, 15) is 22.4 Å². The molecule has 2 N–H and O–H groups in total. The van der Waals surface area contributed by atoms with E-state index in [1.807, 2.05) is 0 Å². The first-order valence-electron chi connectivity index (χ1n) is 11.0. The van der Waals surface area contributed by atoms with E-state index in [0.717, 1.165) is 12.3 Å². The third-order valence-corrected chi connectivity index (χ3v) is 8.53. The number of piperidine rings is 1. The molecule has 0 radical (unpaired) electrons. The smallest absolute Gasteiger partial charge is 0.255 e. The predicted molar refractivity (Wildman–Crippen MR) is 118 cm³/mol. The van der Waals surface area contributed by atoms with Gasteiger partial charge in [0.1, 0.15) is 17.7 Å². The third-order valence-electron chi connectivity index (χ3n) is 7.42. The number of ether oxygens (including phenoxy) is 1. The van der Waals surface area contributed by atoms with Gasteiger partial charge in [-0.05, 0) is 48.6 Å². The highest BCUT2D eigenvalue weighted by Gasteiger charge is 2.72. The van der Waals surface area contributed by atoms with Crippen LogP contribution >= 0.6 is 0 Å². The quantitative estimate of drug-likeness (QED) is 0.669. The van der Waals surface area contributed by atoms with Crippen LogP contribution in [0.3, 0.4) is 0 Å². The van der Waals surface area contributed by atoms with Gasteiger partial charge < -0.3 is 15.4 Å². The highest BCUT2D eigenvalue weighted by Crippen LogP contribution is 2.67. The number of rotatable bonds is 6. The Labute approximate surface area is 195 Å². The van der Waals surface area contributed by atoms with Crippen molar-refractivity contribution in [3.8, 4) is 0 Å². The van der Waals surface area contributed by atoms with Crippen molar-refractivity contribution in [3.05, 3.63) is 65.2 Å². The van der Waals surface area contributed by atoms with Crippen molar-refractivity contribution in [1.29, 1.82) is 0 Å². The number of nitrogens with two attached hydrogens (primary N) is 1. The molecule has 0 aromatic heterocycles. The highest BCUT2D eigenvalue weighted by molar-refractivity contribution is 7.90. The molecular formula is C24H24F2N2O5S. The van der Waals surface area contributed by atoms with Crippen LogP contribution in [0.15, 0.2) is 47.4 Å². The highest BCUT2D eigenvalue weighted by atomic mass is 32.2. The zero-order chi connectivity index (χ0) is 24.4. The summed E-state index contributed by atoms with van der Waals surface area (Å²) < 4.78 is 58.2. The van der Waals surface area contributed by atoms with Gasteiger partial charge in [0, 0.05) is 29.7 Å². The minimum atomic E-state index is -3.57. The molecule has 2 saturated heterocycles. The Kier molecular flexibility index (Phi) is 5.29. The summed E-state index contributed by atoms with van der Waals surface area (Å²) in [5, 5.41) is 0. The van der Waals surface area contributed by atoms with E-state index in [1.165, 1.54) is 41.3 Å². The number of likely N-dealkylation sites (tertiary alicyclic amines) is 1. The fourth-order valence-electron chi connectivity index (χ4n) is 5.82. The van der Waals surface area contributed by atoms with Gasteiger partial charge in [-0.15, -0.1) is 0 Å². The maximum absolute atomic E-state index is 15.0. The summed E-state index contributed by atoms with van der Waals surface area (Å²) in [6.07, 6.45) is 1.91. The lowest BCUT2D eigenvalue weighted by molar-refractivity contribution is -0.123. The van der Waals surface area contributed by atoms with Crippen LogP contribution in [0.5, 0.6) is 0 Å². The van der Waals surface area contributed by atoms with Gasteiger partial charge in [-0.1, -0.05) is 12.1 Å². The molecule has 1 saturated carbocycles. The molecule has 3 fully saturated rings. The van der Waals surface area contributed by atoms with Crippen LogP contribution < -0.4 is 5.73 Å². The fraction of sp³-hybridized carbons (Fsp3) is 0.417. The molecule has 3 unspecified atom stereocenters. The normalized spacial score (nSPS) is 27.1. The van der Waals surface area contributed by atoms with Gasteiger partial charge in [-0.2, -0.15) is 0 Å². The number of primary amides is 1. The van der Waals surface area contributed by atoms with Crippen LogP contribution in [0.1, 0.15) is 34.7 Å². The van der Waals surface area contributed by atoms with E-state index in [4.69, 9.17) is 10.5 Å². The average molecular weight is 491 g/mol. The lowest BCUT2D eigenvalue weighted by Gasteiger charge is -2.44. The number of hydrogen-bond donors (Lipinski definition) is 1. The number of hydrogen-bond acceptors (Lipinski definition) is 5. The maximum Gasteiger partial charge on any atom is 0.255 e. The molecule has 0 spiro atoms. The summed E-state index contributed by atoms with van der Waals surface area (Å²) in [5.41, 5.74) is 5.15. The largest absolute Gasteiger partial charge is 0.381 e. The van der Waals surface area contributed by atoms with Gasteiger partial charge in [0.05, 0.1) is 23.6 Å². The molecule has 2 heterocycles. The Morgan fingerprint density at radius 2 is 1.91 bits per heavy atom. The molecule has 2 aromatic carbocycles. The number of benzene rings is 2. The van der Waals surface area contributed by atoms with Crippen LogP contribution in [0, 0.1) is 23.5 Å². The van der Waals surface area contributed by atoms with Gasteiger partial charge >= 0.3 is 0 Å². The van der Waals surface area contributed by atoms with Crippen molar-refractivity contribution < 1.29 is 31.5 Å². The van der Waals surface area contributed by atoms with E-state index in [0.29, 0.717) is 26.1 Å². The topological polar surface area (TPSA) is 107 Å². The van der Waals surface area contributed by atoms with E-state index in [2.05, 4.69) is 0 Å². The number of fused-ring (bicyclic) bond motifs is 1. The number of carbonyl (C=O) groups excluding carboxylic acids is 2. The van der Waals surface area contributed by atoms with Gasteiger partial charge in [-0.3, -0.25) is 9.59 Å². The Morgan fingerprint density at radius 1 is 1.18 bits per heavy atom. The summed E-state index contributed by atoms with van der Waals surface area (Å²) in [4.78, 5) is 27.6. The molecular weight excluding hydrogens is 466 g/mol. The minimum Gasteiger partial charge on any atom is -0.381 e. The SMILES string of the molecule is CS(=O)(=O)c1cccc(C(=O)N2C(C(N)=O)CC3CC32[C@@H](c2ccc(F)cc2F)C2COC2)c1. The first-order valence-corrected chi connectivity index (χ1v) is 12.9. The standard InChI is InChI=1S/C24H24F2N2O5S/c1-34(31,32)17-4-2-3-13(7-17)23(30)28-20(22(27)29)8-15-10-24(15,28)21(14-11-33-12-14)18-6-5-16(25)9-19(18)26/h2-7,9,14-15,20-21H,8,10-12H2,1H3,(H2,27,29)/t15?,20?,21-,24?/m1/s1. The van der Waals surface area contributed by atoms with Crippen LogP contribution in [0.4, 0.5) is 8.78 Å². The summed E-state index contributed by atoms with van der Waals surface area (Å²) in [6, 6.07) is 8.09. The van der Waals surface area contributed by atoms with Crippen molar-refractivity contribution >= 4 is 21.7 Å². The Balaban J connectivity index is 1.62. The molecule has 7 nitrogen and oxygen atoms in total. The molecule has 5 rings (SSSR count). The second-order valence-corrected chi connectivity index (χ2v) is 11.5. The summed E-state index contributed by atoms with van der Waals surface area (Å²) >= 11 is 0. The zero-order valence-corrected chi connectivity index (χ0v) is 19.2. The molecule has 34 heavy (non-hydrogen) atoms. The van der Waals surface area contributed by atoms with Crippen molar-refractivity contribution in [1.82, 2.24) is 4.90 Å². The zero-order valence-electron chi connectivity index (χ0n) is 18.4. The molecule has 2 amide bonds. The Hall–Kier alpha value is -2.85. The molecule has 2 aromatic rings. The van der Waals surface area contributed by atoms with Crippen molar-refractivity contribution in [2.24, 2.45) is 17.6 Å². The minimum absolute atomic E-state index is 0.0249. The molecule has 1 aliphatic carbocycles. The third kappa shape index (κ3) is 3.51. The Bertz CT molecular complexity index is 1300. The summed E-state index contributed by atoms with van der Waals surface area (Å²) in [6.45, 7) is 0.700. The molecule has 2 aliphatic heterocycles. The number of amides is 2. The maximum atomic E-state index is 15.0. The predicted octanol–water partition coefficient (Wildman–Crippen LogP) is 2.26. The van der Waals surface area contributed by atoms with Gasteiger partial charge in [0.15, 0.2) is 9.84 Å². The van der Waals surface area contributed by atoms with E-state index < -0.39 is 50.8 Å². The average Bonchev–Trinajstić information content (AvgIpc) is 3.34. The van der Waals surface area contributed by atoms with E-state index in [-0.39, 0.29) is 27.9 Å².